The molecule has 6 nitrogen and oxygen atoms in total. The Morgan fingerprint density at radius 3 is 2.30 bits per heavy atom. The summed E-state index contributed by atoms with van der Waals surface area (Å²) in [6, 6.07) is 0.681. The van der Waals surface area contributed by atoms with E-state index in [9.17, 15) is 26.7 Å². The third-order valence-electron chi connectivity index (χ3n) is 5.09. The van der Waals surface area contributed by atoms with E-state index in [-0.39, 0.29) is 17.1 Å². The molecular weight excluding hydrogens is 464 g/mol. The number of hydrogen-bond donors (Lipinski definition) is 1. The van der Waals surface area contributed by atoms with Crippen LogP contribution in [0.5, 0.6) is 0 Å². The molecule has 2 aromatic heterocycles. The zero-order chi connectivity index (χ0) is 24.6. The Labute approximate surface area is 188 Å². The molecule has 2 aromatic rings. The highest BCUT2D eigenvalue weighted by Gasteiger charge is 2.47. The predicted octanol–water partition coefficient (Wildman–Crippen LogP) is 4.08. The Balaban J connectivity index is 1.81. The van der Waals surface area contributed by atoms with Gasteiger partial charge in [0.1, 0.15) is 5.69 Å². The average Bonchev–Trinajstić information content (AvgIpc) is 3.39. The van der Waals surface area contributed by atoms with E-state index in [1.807, 2.05) is 5.92 Å². The Morgan fingerprint density at radius 2 is 1.88 bits per heavy atom. The Morgan fingerprint density at radius 1 is 1.27 bits per heavy atom. The lowest BCUT2D eigenvalue weighted by atomic mass is 10.1. The predicted molar refractivity (Wildman–Crippen MR) is 114 cm³/mol. The summed E-state index contributed by atoms with van der Waals surface area (Å²) in [7, 11) is 2.62. The van der Waals surface area contributed by atoms with Gasteiger partial charge in [-0.1, -0.05) is 21.2 Å². The van der Waals surface area contributed by atoms with Gasteiger partial charge in [0.2, 0.25) is 0 Å². The van der Waals surface area contributed by atoms with Crippen LogP contribution in [0.1, 0.15) is 47.3 Å². The Bertz CT molecular complexity index is 1170. The van der Waals surface area contributed by atoms with Crippen LogP contribution in [0.25, 0.3) is 5.57 Å². The van der Waals surface area contributed by atoms with Crippen molar-refractivity contribution in [2.75, 3.05) is 0 Å². The molecule has 0 bridgehead atoms. The SMILES string of the molecule is C#C/C(=C\C(=C/C)c1ncc(C2(NC(=O)c3cc(C(F)(F)F)nn3C)CC2)cn1)C(F)(F)P. The van der Waals surface area contributed by atoms with E-state index in [4.69, 9.17) is 6.42 Å². The summed E-state index contributed by atoms with van der Waals surface area (Å²) in [6.07, 6.45) is 7.07. The number of halogens is 5. The van der Waals surface area contributed by atoms with E-state index in [1.54, 1.807) is 6.92 Å². The van der Waals surface area contributed by atoms with Gasteiger partial charge in [-0.15, -0.1) is 6.42 Å². The average molecular weight is 483 g/mol. The monoisotopic (exact) mass is 483 g/mol. The maximum atomic E-state index is 13.6. The smallest absolute Gasteiger partial charge is 0.341 e. The molecule has 1 amide bonds. The van der Waals surface area contributed by atoms with Gasteiger partial charge in [-0.3, -0.25) is 9.48 Å². The first-order valence-electron chi connectivity index (χ1n) is 9.59. The highest BCUT2D eigenvalue weighted by Crippen LogP contribution is 2.45. The van der Waals surface area contributed by atoms with Crippen LogP contribution in [0.4, 0.5) is 22.0 Å². The largest absolute Gasteiger partial charge is 0.435 e. The van der Waals surface area contributed by atoms with Crippen molar-refractivity contribution in [2.45, 2.75) is 37.1 Å². The molecule has 1 N–H and O–H groups in total. The van der Waals surface area contributed by atoms with Crippen molar-refractivity contribution in [3.05, 3.63) is 59.0 Å². The molecule has 1 saturated carbocycles. The van der Waals surface area contributed by atoms with Crippen LogP contribution in [0.15, 0.2) is 36.2 Å². The number of aromatic nitrogens is 4. The van der Waals surface area contributed by atoms with Gasteiger partial charge in [-0.25, -0.2) is 9.97 Å². The Hall–Kier alpha value is -3.12. The molecule has 0 radical (unpaired) electrons. The molecule has 1 fully saturated rings. The van der Waals surface area contributed by atoms with Crippen LogP contribution in [0.3, 0.4) is 0 Å². The highest BCUT2D eigenvalue weighted by molar-refractivity contribution is 7.18. The number of nitrogens with zero attached hydrogens (tertiary/aromatic N) is 4. The van der Waals surface area contributed by atoms with Gasteiger partial charge in [0, 0.05) is 36.6 Å². The first-order valence-corrected chi connectivity index (χ1v) is 10.2. The standard InChI is InChI=1S/C21H19F5N5OP/c1-4-12(8-13(5-2)21(25,26)33)17-27-10-14(11-28-17)19(6-7-19)29-18(32)15-9-16(20(22,23)24)30-31(15)3/h2,4,8-11H,6-7,33H2,1,3H3,(H,29,32)/b12-4+,13-8+. The van der Waals surface area contributed by atoms with Gasteiger partial charge in [0.05, 0.1) is 11.1 Å². The molecule has 1 aliphatic rings. The summed E-state index contributed by atoms with van der Waals surface area (Å²) in [5.74, 6) is 1.37. The van der Waals surface area contributed by atoms with Crippen LogP contribution in [-0.4, -0.2) is 31.3 Å². The number of allylic oxidation sites excluding steroid dienone is 4. The lowest BCUT2D eigenvalue weighted by Crippen LogP contribution is -2.36. The van der Waals surface area contributed by atoms with Gasteiger partial charge >= 0.3 is 6.18 Å². The quantitative estimate of drug-likeness (QED) is 0.291. The van der Waals surface area contributed by atoms with Crippen molar-refractivity contribution in [3.63, 3.8) is 0 Å². The van der Waals surface area contributed by atoms with Crippen LogP contribution < -0.4 is 5.32 Å². The number of aryl methyl sites for hydroxylation is 1. The summed E-state index contributed by atoms with van der Waals surface area (Å²) in [5, 5.41) is 6.07. The first kappa shape index (κ1) is 24.5. The lowest BCUT2D eigenvalue weighted by molar-refractivity contribution is -0.141. The van der Waals surface area contributed by atoms with Crippen molar-refractivity contribution < 1.29 is 26.7 Å². The zero-order valence-corrected chi connectivity index (χ0v) is 18.7. The lowest BCUT2D eigenvalue weighted by Gasteiger charge is -2.17. The van der Waals surface area contributed by atoms with Gasteiger partial charge in [0.15, 0.2) is 11.5 Å². The molecule has 2 heterocycles. The maximum Gasteiger partial charge on any atom is 0.435 e. The third kappa shape index (κ3) is 5.28. The van der Waals surface area contributed by atoms with Crippen LogP contribution >= 0.6 is 9.24 Å². The number of amides is 1. The molecule has 0 saturated heterocycles. The number of terminal acetylenes is 1. The number of hydrogen-bond acceptors (Lipinski definition) is 4. The molecule has 0 aromatic carbocycles. The van der Waals surface area contributed by atoms with E-state index < -0.39 is 34.6 Å². The highest BCUT2D eigenvalue weighted by atomic mass is 31.0. The molecule has 1 atom stereocenters. The summed E-state index contributed by atoms with van der Waals surface area (Å²) >= 11 is 0. The molecule has 0 spiro atoms. The second-order valence-corrected chi connectivity index (χ2v) is 8.16. The minimum atomic E-state index is -4.67. The van der Waals surface area contributed by atoms with Crippen LogP contribution in [-0.2, 0) is 18.8 Å². The zero-order valence-electron chi connectivity index (χ0n) is 17.5. The normalized spacial score (nSPS) is 16.3. The summed E-state index contributed by atoms with van der Waals surface area (Å²) in [4.78, 5) is 21.0. The van der Waals surface area contributed by atoms with Crippen molar-refractivity contribution in [3.8, 4) is 12.3 Å². The maximum absolute atomic E-state index is 13.6. The van der Waals surface area contributed by atoms with E-state index in [1.165, 1.54) is 34.8 Å². The fourth-order valence-corrected chi connectivity index (χ4v) is 3.27. The molecule has 12 heteroatoms. The fraction of sp³-hybridized carbons (Fsp3) is 0.333. The molecule has 0 aliphatic heterocycles. The van der Waals surface area contributed by atoms with Gasteiger partial charge < -0.3 is 5.32 Å². The molecule has 3 rings (SSSR count). The fourth-order valence-electron chi connectivity index (χ4n) is 3.10. The molecule has 174 valence electrons. The topological polar surface area (TPSA) is 72.7 Å². The third-order valence-corrected chi connectivity index (χ3v) is 5.40. The summed E-state index contributed by atoms with van der Waals surface area (Å²) < 4.78 is 66.6. The van der Waals surface area contributed by atoms with E-state index >= 15 is 0 Å². The van der Waals surface area contributed by atoms with Crippen molar-refractivity contribution in [1.82, 2.24) is 25.1 Å². The molecular formula is C21H19F5N5OP. The second-order valence-electron chi connectivity index (χ2n) is 7.44. The number of carbonyl (C=O) groups excluding carboxylic acids is 1. The van der Waals surface area contributed by atoms with E-state index in [2.05, 4.69) is 20.4 Å². The van der Waals surface area contributed by atoms with Crippen molar-refractivity contribution in [2.24, 2.45) is 7.05 Å². The van der Waals surface area contributed by atoms with Crippen molar-refractivity contribution >= 4 is 20.7 Å². The summed E-state index contributed by atoms with van der Waals surface area (Å²) in [5.41, 5.74) is -5.28. The van der Waals surface area contributed by atoms with Crippen LogP contribution in [0.2, 0.25) is 0 Å². The minimum Gasteiger partial charge on any atom is -0.341 e. The van der Waals surface area contributed by atoms with Gasteiger partial charge in [-0.2, -0.15) is 27.1 Å². The minimum absolute atomic E-state index is 0.145. The number of nitrogens with one attached hydrogen (secondary N) is 1. The van der Waals surface area contributed by atoms with Crippen LogP contribution in [0, 0.1) is 12.3 Å². The van der Waals surface area contributed by atoms with Gasteiger partial charge in [-0.05, 0) is 25.8 Å². The van der Waals surface area contributed by atoms with E-state index in [0.717, 1.165) is 10.8 Å². The summed E-state index contributed by atoms with van der Waals surface area (Å²) in [6.45, 7) is 1.61. The van der Waals surface area contributed by atoms with E-state index in [0.29, 0.717) is 24.5 Å². The van der Waals surface area contributed by atoms with Crippen molar-refractivity contribution in [1.29, 1.82) is 0 Å². The Kier molecular flexibility index (Phi) is 6.44. The van der Waals surface area contributed by atoms with Gasteiger partial charge in [0.25, 0.3) is 11.6 Å². The molecule has 1 aliphatic carbocycles. The molecule has 33 heavy (non-hydrogen) atoms. The number of carbonyl (C=O) groups is 1. The first-order chi connectivity index (χ1) is 15.3. The number of alkyl halides is 5. The number of rotatable bonds is 6. The molecule has 1 unspecified atom stereocenters. The second kappa shape index (κ2) is 8.67.